The fourth-order valence-corrected chi connectivity index (χ4v) is 2.01. The number of nitrogens with one attached hydrogen (secondary N) is 2. The molecule has 0 aromatic carbocycles. The summed E-state index contributed by atoms with van der Waals surface area (Å²) in [5.74, 6) is -0.609. The molecular weight excluding hydrogens is 234 g/mol. The molecule has 96 valence electrons. The highest BCUT2D eigenvalue weighted by molar-refractivity contribution is 5.93. The topological polar surface area (TPSA) is 95.1 Å². The minimum Gasteiger partial charge on any atom is -0.481 e. The van der Waals surface area contributed by atoms with Crippen molar-refractivity contribution in [3.8, 4) is 0 Å². The van der Waals surface area contributed by atoms with Crippen LogP contribution < -0.4 is 5.32 Å². The van der Waals surface area contributed by atoms with E-state index in [4.69, 9.17) is 5.11 Å². The maximum absolute atomic E-state index is 11.8. The molecule has 18 heavy (non-hydrogen) atoms. The lowest BCUT2D eigenvalue weighted by atomic mass is 10.1. The van der Waals surface area contributed by atoms with Gasteiger partial charge >= 0.3 is 5.97 Å². The first-order valence-corrected chi connectivity index (χ1v) is 6.18. The Kier molecular flexibility index (Phi) is 2.39. The molecule has 1 heterocycles. The fraction of sp³-hybridized carbons (Fsp3) is 0.583. The minimum absolute atomic E-state index is 0.187. The maximum atomic E-state index is 11.8. The van der Waals surface area contributed by atoms with Gasteiger partial charge in [-0.05, 0) is 31.7 Å². The molecule has 0 saturated heterocycles. The summed E-state index contributed by atoms with van der Waals surface area (Å²) in [7, 11) is 0. The molecule has 0 spiro atoms. The highest BCUT2D eigenvalue weighted by Gasteiger charge is 2.50. The number of aromatic amines is 1. The van der Waals surface area contributed by atoms with Crippen LogP contribution in [-0.4, -0.2) is 33.7 Å². The van der Waals surface area contributed by atoms with E-state index >= 15 is 0 Å². The highest BCUT2D eigenvalue weighted by atomic mass is 16.4. The van der Waals surface area contributed by atoms with Gasteiger partial charge in [-0.25, -0.2) is 0 Å². The van der Waals surface area contributed by atoms with Crippen molar-refractivity contribution in [2.75, 3.05) is 6.54 Å². The summed E-state index contributed by atoms with van der Waals surface area (Å²) in [6, 6.07) is 1.76. The average Bonchev–Trinajstić information content (AvgIpc) is 3.26. The van der Waals surface area contributed by atoms with Gasteiger partial charge in [0.05, 0.1) is 5.41 Å². The smallest absolute Gasteiger partial charge is 0.311 e. The number of carbonyl (C=O) groups excluding carboxylic acids is 1. The minimum atomic E-state index is -0.830. The fourth-order valence-electron chi connectivity index (χ4n) is 2.01. The molecule has 0 radical (unpaired) electrons. The van der Waals surface area contributed by atoms with Crippen LogP contribution in [0.3, 0.4) is 0 Å². The van der Waals surface area contributed by atoms with Crippen LogP contribution in [0.15, 0.2) is 6.07 Å². The van der Waals surface area contributed by atoms with Crippen molar-refractivity contribution in [2.45, 2.75) is 31.6 Å². The molecule has 2 aliphatic rings. The Balaban J connectivity index is 1.59. The van der Waals surface area contributed by atoms with Crippen molar-refractivity contribution in [3.63, 3.8) is 0 Å². The van der Waals surface area contributed by atoms with E-state index in [0.29, 0.717) is 24.5 Å². The molecule has 1 amide bonds. The van der Waals surface area contributed by atoms with Crippen molar-refractivity contribution in [1.82, 2.24) is 15.5 Å². The first kappa shape index (κ1) is 11.3. The van der Waals surface area contributed by atoms with Gasteiger partial charge in [0.1, 0.15) is 5.69 Å². The Morgan fingerprint density at radius 3 is 2.78 bits per heavy atom. The summed E-state index contributed by atoms with van der Waals surface area (Å²) >= 11 is 0. The zero-order valence-electron chi connectivity index (χ0n) is 9.90. The highest BCUT2D eigenvalue weighted by Crippen LogP contribution is 2.45. The third-order valence-electron chi connectivity index (χ3n) is 3.74. The maximum Gasteiger partial charge on any atom is 0.311 e. The van der Waals surface area contributed by atoms with E-state index in [1.165, 1.54) is 0 Å². The van der Waals surface area contributed by atoms with Crippen LogP contribution in [0.25, 0.3) is 0 Å². The number of hydrogen-bond acceptors (Lipinski definition) is 3. The standard InChI is InChI=1S/C12H15N3O3/c16-10(13-6-12(3-4-12)11(17)18)9-5-8(14-15-9)7-1-2-7/h5,7H,1-4,6H2,(H,13,16)(H,14,15)(H,17,18). The quantitative estimate of drug-likeness (QED) is 0.722. The SMILES string of the molecule is O=C(NCC1(C(=O)O)CC1)c1cc(C2CC2)[nH]n1. The molecule has 2 aliphatic carbocycles. The van der Waals surface area contributed by atoms with Gasteiger partial charge in [0.25, 0.3) is 5.91 Å². The number of rotatable bonds is 5. The van der Waals surface area contributed by atoms with E-state index in [1.54, 1.807) is 6.07 Å². The molecule has 6 nitrogen and oxygen atoms in total. The van der Waals surface area contributed by atoms with Gasteiger partial charge in [-0.15, -0.1) is 0 Å². The predicted octanol–water partition coefficient (Wildman–Crippen LogP) is 0.882. The van der Waals surface area contributed by atoms with E-state index < -0.39 is 11.4 Å². The molecule has 6 heteroatoms. The second-order valence-corrected chi connectivity index (χ2v) is 5.25. The van der Waals surface area contributed by atoms with Crippen LogP contribution in [-0.2, 0) is 4.79 Å². The zero-order valence-corrected chi connectivity index (χ0v) is 9.90. The van der Waals surface area contributed by atoms with Crippen LogP contribution in [0.2, 0.25) is 0 Å². The van der Waals surface area contributed by atoms with E-state index in [1.807, 2.05) is 0 Å². The first-order chi connectivity index (χ1) is 8.61. The lowest BCUT2D eigenvalue weighted by molar-refractivity contribution is -0.143. The number of amides is 1. The second kappa shape index (κ2) is 3.83. The Morgan fingerprint density at radius 1 is 1.50 bits per heavy atom. The number of H-pyrrole nitrogens is 1. The first-order valence-electron chi connectivity index (χ1n) is 6.18. The monoisotopic (exact) mass is 249 g/mol. The van der Waals surface area contributed by atoms with E-state index in [-0.39, 0.29) is 12.5 Å². The third kappa shape index (κ3) is 1.98. The lowest BCUT2D eigenvalue weighted by Crippen LogP contribution is -2.34. The second-order valence-electron chi connectivity index (χ2n) is 5.25. The number of carboxylic acid groups (broad SMARTS) is 1. The van der Waals surface area contributed by atoms with Gasteiger partial charge in [-0.3, -0.25) is 14.7 Å². The molecule has 1 aromatic heterocycles. The normalized spacial score (nSPS) is 20.4. The molecule has 0 aliphatic heterocycles. The number of carbonyl (C=O) groups is 2. The molecule has 0 bridgehead atoms. The van der Waals surface area contributed by atoms with Gasteiger partial charge in [0, 0.05) is 18.2 Å². The van der Waals surface area contributed by atoms with Gasteiger partial charge < -0.3 is 10.4 Å². The number of nitrogens with zero attached hydrogens (tertiary/aromatic N) is 1. The summed E-state index contributed by atoms with van der Waals surface area (Å²) in [4.78, 5) is 22.8. The number of aliphatic carboxylic acids is 1. The summed E-state index contributed by atoms with van der Waals surface area (Å²) in [6.45, 7) is 0.187. The van der Waals surface area contributed by atoms with E-state index in [0.717, 1.165) is 18.5 Å². The lowest BCUT2D eigenvalue weighted by Gasteiger charge is -2.09. The Hall–Kier alpha value is -1.85. The van der Waals surface area contributed by atoms with Crippen molar-refractivity contribution in [3.05, 3.63) is 17.5 Å². The number of hydrogen-bond donors (Lipinski definition) is 3. The zero-order chi connectivity index (χ0) is 12.8. The van der Waals surface area contributed by atoms with Crippen LogP contribution in [0.4, 0.5) is 0 Å². The molecule has 0 atom stereocenters. The van der Waals surface area contributed by atoms with Crippen molar-refractivity contribution in [2.24, 2.45) is 5.41 Å². The summed E-state index contributed by atoms with van der Waals surface area (Å²) in [5.41, 5.74) is 0.614. The molecule has 3 N–H and O–H groups in total. The van der Waals surface area contributed by atoms with Crippen LogP contribution in [0.1, 0.15) is 47.8 Å². The van der Waals surface area contributed by atoms with Gasteiger partial charge in [0.2, 0.25) is 0 Å². The molecule has 2 fully saturated rings. The van der Waals surface area contributed by atoms with Crippen molar-refractivity contribution >= 4 is 11.9 Å². The average molecular weight is 249 g/mol. The molecular formula is C12H15N3O3. The third-order valence-corrected chi connectivity index (χ3v) is 3.74. The predicted molar refractivity (Wildman–Crippen MR) is 62.2 cm³/mol. The van der Waals surface area contributed by atoms with Crippen LogP contribution in [0, 0.1) is 5.41 Å². The Bertz CT molecular complexity index is 500. The number of carboxylic acids is 1. The molecule has 0 unspecified atom stereocenters. The van der Waals surface area contributed by atoms with Crippen molar-refractivity contribution < 1.29 is 14.7 Å². The molecule has 2 saturated carbocycles. The molecule has 3 rings (SSSR count). The summed E-state index contributed by atoms with van der Waals surface area (Å²) in [5, 5.41) is 18.5. The van der Waals surface area contributed by atoms with Gasteiger partial charge in [0.15, 0.2) is 0 Å². The van der Waals surface area contributed by atoms with E-state index in [2.05, 4.69) is 15.5 Å². The largest absolute Gasteiger partial charge is 0.481 e. The van der Waals surface area contributed by atoms with Crippen LogP contribution >= 0.6 is 0 Å². The molecule has 1 aromatic rings. The number of aromatic nitrogens is 2. The van der Waals surface area contributed by atoms with Gasteiger partial charge in [-0.1, -0.05) is 0 Å². The van der Waals surface area contributed by atoms with Crippen molar-refractivity contribution in [1.29, 1.82) is 0 Å². The van der Waals surface area contributed by atoms with Gasteiger partial charge in [-0.2, -0.15) is 5.10 Å². The Morgan fingerprint density at radius 2 is 2.22 bits per heavy atom. The van der Waals surface area contributed by atoms with E-state index in [9.17, 15) is 9.59 Å². The summed E-state index contributed by atoms with van der Waals surface area (Å²) < 4.78 is 0. The summed E-state index contributed by atoms with van der Waals surface area (Å²) in [6.07, 6.45) is 3.56. The van der Waals surface area contributed by atoms with Crippen LogP contribution in [0.5, 0.6) is 0 Å². The Labute approximate surface area is 104 Å².